The summed E-state index contributed by atoms with van der Waals surface area (Å²) in [5.41, 5.74) is 7.26. The number of hydrogen-bond acceptors (Lipinski definition) is 4. The molecule has 0 bridgehead atoms. The van der Waals surface area contributed by atoms with E-state index in [0.29, 0.717) is 17.9 Å². The maximum absolute atomic E-state index is 12.0. The smallest absolute Gasteiger partial charge is 0.241 e. The minimum atomic E-state index is -0.498. The molecule has 1 heterocycles. The van der Waals surface area contributed by atoms with Gasteiger partial charge in [-0.05, 0) is 25.5 Å². The molecule has 0 radical (unpaired) electrons. The van der Waals surface area contributed by atoms with Gasteiger partial charge in [-0.3, -0.25) is 9.89 Å². The second kappa shape index (κ2) is 6.29. The van der Waals surface area contributed by atoms with E-state index in [1.807, 2.05) is 38.1 Å². The van der Waals surface area contributed by atoms with Crippen LogP contribution in [0.5, 0.6) is 0 Å². The number of benzene rings is 1. The molecule has 1 amide bonds. The van der Waals surface area contributed by atoms with Gasteiger partial charge in [-0.1, -0.05) is 25.5 Å². The average molecular weight is 273 g/mol. The second-order valence-corrected chi connectivity index (χ2v) is 4.67. The molecule has 6 heteroatoms. The van der Waals surface area contributed by atoms with E-state index in [1.54, 1.807) is 0 Å². The van der Waals surface area contributed by atoms with E-state index in [4.69, 9.17) is 5.73 Å². The molecule has 0 fully saturated rings. The van der Waals surface area contributed by atoms with E-state index in [9.17, 15) is 4.79 Å². The first-order valence-corrected chi connectivity index (χ1v) is 6.66. The molecule has 4 N–H and O–H groups in total. The number of carbonyl (C=O) groups excluding carboxylic acids is 1. The summed E-state index contributed by atoms with van der Waals surface area (Å²) >= 11 is 0. The van der Waals surface area contributed by atoms with Crippen molar-refractivity contribution in [2.45, 2.75) is 32.7 Å². The Bertz CT molecular complexity index is 593. The fraction of sp³-hybridized carbons (Fsp3) is 0.357. The number of hydrogen-bond donors (Lipinski definition) is 3. The molecule has 0 aliphatic heterocycles. The predicted molar refractivity (Wildman–Crippen MR) is 78.1 cm³/mol. The van der Waals surface area contributed by atoms with Gasteiger partial charge in [-0.2, -0.15) is 5.10 Å². The number of nitrogens with two attached hydrogens (primary N) is 1. The summed E-state index contributed by atoms with van der Waals surface area (Å²) in [5, 5.41) is 9.75. The fourth-order valence-corrected chi connectivity index (χ4v) is 1.92. The highest BCUT2D eigenvalue weighted by Crippen LogP contribution is 2.24. The molecular formula is C14H19N5O. The van der Waals surface area contributed by atoms with E-state index < -0.39 is 6.04 Å². The number of para-hydroxylation sites is 1. The van der Waals surface area contributed by atoms with Crippen LogP contribution >= 0.6 is 0 Å². The third-order valence-electron chi connectivity index (χ3n) is 2.96. The van der Waals surface area contributed by atoms with Crippen molar-refractivity contribution in [3.63, 3.8) is 0 Å². The Balaban J connectivity index is 2.22. The molecule has 0 aliphatic rings. The van der Waals surface area contributed by atoms with Crippen molar-refractivity contribution < 1.29 is 4.79 Å². The maximum Gasteiger partial charge on any atom is 0.241 e. The number of nitrogens with zero attached hydrogens (tertiary/aromatic N) is 2. The standard InChI is InChI=1S/C14H19N5O/c1-3-6-11(15)14(20)17-12-8-5-4-7-10(12)13-16-9(2)18-19-13/h4-5,7-8,11H,3,6,15H2,1-2H3,(H,17,20)(H,16,18,19)/t11-/m1/s1. The average Bonchev–Trinajstić information content (AvgIpc) is 2.86. The zero-order chi connectivity index (χ0) is 14.5. The van der Waals surface area contributed by atoms with Crippen LogP contribution in [-0.4, -0.2) is 27.1 Å². The van der Waals surface area contributed by atoms with Gasteiger partial charge in [0.15, 0.2) is 5.82 Å². The molecule has 0 unspecified atom stereocenters. The summed E-state index contributed by atoms with van der Waals surface area (Å²) in [6.07, 6.45) is 1.53. The molecular weight excluding hydrogens is 254 g/mol. The number of aromatic nitrogens is 3. The first-order valence-electron chi connectivity index (χ1n) is 6.66. The summed E-state index contributed by atoms with van der Waals surface area (Å²) in [7, 11) is 0. The van der Waals surface area contributed by atoms with Crippen LogP contribution in [0.3, 0.4) is 0 Å². The number of carbonyl (C=O) groups is 1. The van der Waals surface area contributed by atoms with Gasteiger partial charge in [-0.15, -0.1) is 0 Å². The Morgan fingerprint density at radius 1 is 1.45 bits per heavy atom. The third-order valence-corrected chi connectivity index (χ3v) is 2.96. The highest BCUT2D eigenvalue weighted by molar-refractivity contribution is 5.97. The van der Waals surface area contributed by atoms with Crippen LogP contribution in [0.25, 0.3) is 11.4 Å². The SMILES string of the molecule is CCC[C@@H](N)C(=O)Nc1ccccc1-c1n[nH]c(C)n1. The summed E-state index contributed by atoms with van der Waals surface area (Å²) < 4.78 is 0. The summed E-state index contributed by atoms with van der Waals surface area (Å²) in [6.45, 7) is 3.83. The van der Waals surface area contributed by atoms with Crippen molar-refractivity contribution in [1.29, 1.82) is 0 Å². The minimum absolute atomic E-state index is 0.188. The van der Waals surface area contributed by atoms with Crippen molar-refractivity contribution >= 4 is 11.6 Å². The fourth-order valence-electron chi connectivity index (χ4n) is 1.92. The Morgan fingerprint density at radius 2 is 2.20 bits per heavy atom. The highest BCUT2D eigenvalue weighted by atomic mass is 16.2. The molecule has 2 aromatic rings. The number of rotatable bonds is 5. The van der Waals surface area contributed by atoms with Crippen molar-refractivity contribution in [2.75, 3.05) is 5.32 Å². The Hall–Kier alpha value is -2.21. The number of nitrogens with one attached hydrogen (secondary N) is 2. The van der Waals surface area contributed by atoms with Gasteiger partial charge in [0, 0.05) is 5.56 Å². The Labute approximate surface area is 117 Å². The molecule has 1 aromatic heterocycles. The quantitative estimate of drug-likeness (QED) is 0.774. The molecule has 0 spiro atoms. The molecule has 106 valence electrons. The molecule has 0 aliphatic carbocycles. The number of aromatic amines is 1. The third kappa shape index (κ3) is 3.21. The second-order valence-electron chi connectivity index (χ2n) is 4.67. The zero-order valence-electron chi connectivity index (χ0n) is 11.7. The lowest BCUT2D eigenvalue weighted by atomic mass is 10.1. The lowest BCUT2D eigenvalue weighted by Crippen LogP contribution is -2.35. The number of anilines is 1. The van der Waals surface area contributed by atoms with Crippen molar-refractivity contribution in [2.24, 2.45) is 5.73 Å². The number of amides is 1. The topological polar surface area (TPSA) is 96.7 Å². The van der Waals surface area contributed by atoms with Gasteiger partial charge < -0.3 is 11.1 Å². The van der Waals surface area contributed by atoms with E-state index in [1.165, 1.54) is 0 Å². The Kier molecular flexibility index (Phi) is 4.47. The van der Waals surface area contributed by atoms with E-state index >= 15 is 0 Å². The molecule has 20 heavy (non-hydrogen) atoms. The van der Waals surface area contributed by atoms with Gasteiger partial charge in [0.1, 0.15) is 5.82 Å². The van der Waals surface area contributed by atoms with Crippen LogP contribution in [0, 0.1) is 6.92 Å². The van der Waals surface area contributed by atoms with Crippen LogP contribution < -0.4 is 11.1 Å². The van der Waals surface area contributed by atoms with Gasteiger partial charge in [0.05, 0.1) is 11.7 Å². The van der Waals surface area contributed by atoms with Crippen LogP contribution in [0.15, 0.2) is 24.3 Å². The van der Waals surface area contributed by atoms with Crippen molar-refractivity contribution in [1.82, 2.24) is 15.2 Å². The molecule has 0 saturated heterocycles. The van der Waals surface area contributed by atoms with Crippen molar-refractivity contribution in [3.05, 3.63) is 30.1 Å². The first-order chi connectivity index (χ1) is 9.61. The first kappa shape index (κ1) is 14.2. The number of H-pyrrole nitrogens is 1. The summed E-state index contributed by atoms with van der Waals surface area (Å²) in [4.78, 5) is 16.3. The summed E-state index contributed by atoms with van der Waals surface area (Å²) in [5.74, 6) is 1.10. The monoisotopic (exact) mass is 273 g/mol. The van der Waals surface area contributed by atoms with Crippen LogP contribution in [0.2, 0.25) is 0 Å². The van der Waals surface area contributed by atoms with Gasteiger partial charge >= 0.3 is 0 Å². The van der Waals surface area contributed by atoms with Crippen molar-refractivity contribution in [3.8, 4) is 11.4 Å². The molecule has 0 saturated carbocycles. The van der Waals surface area contributed by atoms with E-state index in [-0.39, 0.29) is 5.91 Å². The Morgan fingerprint density at radius 3 is 2.85 bits per heavy atom. The maximum atomic E-state index is 12.0. The molecule has 1 aromatic carbocycles. The van der Waals surface area contributed by atoms with Crippen LogP contribution in [0.4, 0.5) is 5.69 Å². The normalized spacial score (nSPS) is 12.2. The van der Waals surface area contributed by atoms with E-state index in [0.717, 1.165) is 17.8 Å². The largest absolute Gasteiger partial charge is 0.324 e. The minimum Gasteiger partial charge on any atom is -0.324 e. The molecule has 6 nitrogen and oxygen atoms in total. The van der Waals surface area contributed by atoms with Crippen LogP contribution in [0.1, 0.15) is 25.6 Å². The predicted octanol–water partition coefficient (Wildman–Crippen LogP) is 1.85. The van der Waals surface area contributed by atoms with E-state index in [2.05, 4.69) is 20.5 Å². The zero-order valence-corrected chi connectivity index (χ0v) is 11.7. The van der Waals surface area contributed by atoms with Gasteiger partial charge in [0.2, 0.25) is 5.91 Å². The summed E-state index contributed by atoms with van der Waals surface area (Å²) in [6, 6.07) is 6.91. The lowest BCUT2D eigenvalue weighted by Gasteiger charge is -2.13. The number of aryl methyl sites for hydroxylation is 1. The van der Waals surface area contributed by atoms with Gasteiger partial charge in [0.25, 0.3) is 0 Å². The highest BCUT2D eigenvalue weighted by Gasteiger charge is 2.15. The lowest BCUT2D eigenvalue weighted by molar-refractivity contribution is -0.117. The molecule has 2 rings (SSSR count). The van der Waals surface area contributed by atoms with Gasteiger partial charge in [-0.25, -0.2) is 4.98 Å². The van der Waals surface area contributed by atoms with Crippen LogP contribution in [-0.2, 0) is 4.79 Å². The molecule has 1 atom stereocenters.